The first kappa shape index (κ1) is 20.8. The molecule has 1 amide bonds. The van der Waals surface area contributed by atoms with Gasteiger partial charge in [0.25, 0.3) is 5.91 Å². The molecule has 4 rings (SSSR count). The summed E-state index contributed by atoms with van der Waals surface area (Å²) in [6.45, 7) is 9.81. The minimum absolute atomic E-state index is 0.0557. The molecule has 8 heteroatoms. The van der Waals surface area contributed by atoms with E-state index in [0.29, 0.717) is 5.92 Å². The van der Waals surface area contributed by atoms with E-state index in [4.69, 9.17) is 10.1 Å². The van der Waals surface area contributed by atoms with Crippen molar-refractivity contribution in [2.24, 2.45) is 5.14 Å². The van der Waals surface area contributed by atoms with Gasteiger partial charge in [0.05, 0.1) is 15.4 Å². The molecule has 2 aromatic heterocycles. The summed E-state index contributed by atoms with van der Waals surface area (Å²) in [5.41, 5.74) is 5.20. The maximum Gasteiger partial charge on any atom is 0.265 e. The van der Waals surface area contributed by atoms with E-state index in [1.807, 2.05) is 13.8 Å². The summed E-state index contributed by atoms with van der Waals surface area (Å²) >= 11 is 0. The molecule has 2 unspecified atom stereocenters. The van der Waals surface area contributed by atoms with Gasteiger partial charge in [0.1, 0.15) is 4.86 Å². The van der Waals surface area contributed by atoms with E-state index in [1.54, 1.807) is 16.9 Å². The Labute approximate surface area is 177 Å². The second-order valence-corrected chi connectivity index (χ2v) is 10.5. The molecule has 30 heavy (non-hydrogen) atoms. The fourth-order valence-electron chi connectivity index (χ4n) is 4.36. The van der Waals surface area contributed by atoms with Gasteiger partial charge in [0, 0.05) is 23.6 Å². The summed E-state index contributed by atoms with van der Waals surface area (Å²) < 4.78 is 15.1. The summed E-state index contributed by atoms with van der Waals surface area (Å²) in [5, 5.41) is 13.7. The lowest BCUT2D eigenvalue weighted by Crippen LogP contribution is -2.33. The SMILES string of the molecule is C=CC(C(=O)Nc1c2c(nc3c1CCC3C)CCC2)=S(N)(=O)c1ccn(C(C)C)n1. The molecule has 0 fully saturated rings. The number of hydrogen-bond acceptors (Lipinski definition) is 4. The second-order valence-electron chi connectivity index (χ2n) is 8.42. The average molecular weight is 428 g/mol. The van der Waals surface area contributed by atoms with Gasteiger partial charge in [0.15, 0.2) is 5.03 Å². The molecule has 0 spiro atoms. The molecule has 2 aliphatic rings. The van der Waals surface area contributed by atoms with Crippen LogP contribution in [0, 0.1) is 0 Å². The number of carbonyl (C=O) groups is 1. The third-order valence-electron chi connectivity index (χ3n) is 6.05. The number of aromatic nitrogens is 3. The molecular formula is C22H29N5O2S. The number of amides is 1. The summed E-state index contributed by atoms with van der Waals surface area (Å²) in [6.07, 6.45) is 7.75. The van der Waals surface area contributed by atoms with E-state index >= 15 is 0 Å². The van der Waals surface area contributed by atoms with E-state index in [-0.39, 0.29) is 15.9 Å². The van der Waals surface area contributed by atoms with Gasteiger partial charge in [-0.05, 0) is 75.1 Å². The van der Waals surface area contributed by atoms with Gasteiger partial charge < -0.3 is 5.32 Å². The van der Waals surface area contributed by atoms with Gasteiger partial charge in [-0.2, -0.15) is 5.10 Å². The molecular weight excluding hydrogens is 398 g/mol. The quantitative estimate of drug-likeness (QED) is 0.566. The van der Waals surface area contributed by atoms with Crippen molar-refractivity contribution in [3.8, 4) is 0 Å². The number of nitrogens with one attached hydrogen (secondary N) is 1. The first-order valence-electron chi connectivity index (χ1n) is 10.5. The zero-order chi connectivity index (χ0) is 21.6. The van der Waals surface area contributed by atoms with Crippen molar-refractivity contribution in [2.45, 2.75) is 69.9 Å². The van der Waals surface area contributed by atoms with E-state index in [9.17, 15) is 9.00 Å². The largest absolute Gasteiger partial charge is 0.321 e. The number of rotatable bonds is 5. The van der Waals surface area contributed by atoms with Crippen LogP contribution in [0.15, 0.2) is 29.9 Å². The van der Waals surface area contributed by atoms with Crippen molar-refractivity contribution in [1.29, 1.82) is 0 Å². The van der Waals surface area contributed by atoms with Gasteiger partial charge in [-0.1, -0.05) is 13.5 Å². The van der Waals surface area contributed by atoms with Gasteiger partial charge in [0.2, 0.25) is 0 Å². The summed E-state index contributed by atoms with van der Waals surface area (Å²) in [5.74, 6) is -0.109. The van der Waals surface area contributed by atoms with Gasteiger partial charge in [-0.15, -0.1) is 0 Å². The highest BCUT2D eigenvalue weighted by molar-refractivity contribution is 8.01. The first-order chi connectivity index (χ1) is 14.2. The van der Waals surface area contributed by atoms with Crippen molar-refractivity contribution in [1.82, 2.24) is 14.8 Å². The summed E-state index contributed by atoms with van der Waals surface area (Å²) in [6, 6.07) is 1.70. The normalized spacial score (nSPS) is 19.3. The van der Waals surface area contributed by atoms with Crippen LogP contribution < -0.4 is 10.5 Å². The van der Waals surface area contributed by atoms with Crippen LogP contribution in [0.3, 0.4) is 0 Å². The highest BCUT2D eigenvalue weighted by atomic mass is 32.2. The number of fused-ring (bicyclic) bond motifs is 2. The molecule has 7 nitrogen and oxygen atoms in total. The molecule has 2 heterocycles. The summed E-state index contributed by atoms with van der Waals surface area (Å²) in [7, 11) is -3.33. The van der Waals surface area contributed by atoms with Crippen LogP contribution in [0.25, 0.3) is 0 Å². The van der Waals surface area contributed by atoms with Crippen molar-refractivity contribution < 1.29 is 9.00 Å². The maximum absolute atomic E-state index is 13.4. The van der Waals surface area contributed by atoms with Crippen LogP contribution in [-0.4, -0.2) is 29.7 Å². The lowest BCUT2D eigenvalue weighted by Gasteiger charge is -2.17. The summed E-state index contributed by atoms with van der Waals surface area (Å²) in [4.78, 5) is 18.1. The Morgan fingerprint density at radius 2 is 2.13 bits per heavy atom. The topological polar surface area (TPSA) is 103 Å². The van der Waals surface area contributed by atoms with Gasteiger partial charge >= 0.3 is 0 Å². The second kappa shape index (κ2) is 7.67. The lowest BCUT2D eigenvalue weighted by molar-refractivity contribution is -0.110. The molecule has 0 bridgehead atoms. The molecule has 0 saturated heterocycles. The Bertz CT molecular complexity index is 1150. The number of nitrogens with zero attached hydrogens (tertiary/aromatic N) is 3. The van der Waals surface area contributed by atoms with Crippen LogP contribution in [0.2, 0.25) is 0 Å². The number of hydrogen-bond donors (Lipinski definition) is 2. The molecule has 2 atom stereocenters. The Hall–Kier alpha value is -2.45. The predicted molar refractivity (Wildman–Crippen MR) is 120 cm³/mol. The van der Waals surface area contributed by atoms with E-state index in [1.165, 1.54) is 6.08 Å². The smallest absolute Gasteiger partial charge is 0.265 e. The van der Waals surface area contributed by atoms with E-state index in [0.717, 1.165) is 60.3 Å². The third-order valence-corrected chi connectivity index (χ3v) is 7.89. The molecule has 0 aromatic carbocycles. The van der Waals surface area contributed by atoms with Crippen LogP contribution in [0.4, 0.5) is 5.69 Å². The average Bonchev–Trinajstić information content (AvgIpc) is 3.42. The van der Waals surface area contributed by atoms with Crippen molar-refractivity contribution in [3.05, 3.63) is 47.4 Å². The minimum Gasteiger partial charge on any atom is -0.321 e. The molecule has 2 aliphatic carbocycles. The number of aryl methyl sites for hydroxylation is 1. The fraction of sp³-hybridized carbons (Fsp3) is 0.455. The Morgan fingerprint density at radius 3 is 2.80 bits per heavy atom. The highest BCUT2D eigenvalue weighted by Crippen LogP contribution is 2.41. The monoisotopic (exact) mass is 427 g/mol. The molecule has 0 saturated carbocycles. The minimum atomic E-state index is -3.33. The zero-order valence-electron chi connectivity index (χ0n) is 17.8. The van der Waals surface area contributed by atoms with E-state index in [2.05, 4.69) is 23.9 Å². The predicted octanol–water partition coefficient (Wildman–Crippen LogP) is 2.91. The number of anilines is 1. The fourth-order valence-corrected chi connectivity index (χ4v) is 5.64. The van der Waals surface area contributed by atoms with Crippen LogP contribution in [0.5, 0.6) is 0 Å². The standard InChI is InChI=1S/C22H29N5O2S/c1-5-18(30(23,29)19-11-12-27(26-19)13(2)3)22(28)25-21-15-7-6-8-17(15)24-20-14(4)9-10-16(20)21/h5,11-14H,1,6-10H2,2-4H3,(H2,23,29)(H,24,25,28). The maximum atomic E-state index is 13.4. The van der Waals surface area contributed by atoms with Crippen molar-refractivity contribution >= 4 is 26.2 Å². The first-order valence-corrected chi connectivity index (χ1v) is 12.1. The Morgan fingerprint density at radius 1 is 1.37 bits per heavy atom. The van der Waals surface area contributed by atoms with Crippen molar-refractivity contribution in [3.63, 3.8) is 0 Å². The number of nitrogens with two attached hydrogens (primary N) is 1. The Balaban J connectivity index is 1.76. The molecule has 160 valence electrons. The third kappa shape index (κ3) is 3.37. The van der Waals surface area contributed by atoms with Crippen LogP contribution >= 0.6 is 0 Å². The lowest BCUT2D eigenvalue weighted by atomic mass is 10.0. The molecule has 0 radical (unpaired) electrons. The highest BCUT2D eigenvalue weighted by Gasteiger charge is 2.31. The molecule has 0 aliphatic heterocycles. The Kier molecular flexibility index (Phi) is 5.32. The van der Waals surface area contributed by atoms with Crippen molar-refractivity contribution in [2.75, 3.05) is 5.32 Å². The van der Waals surface area contributed by atoms with Gasteiger partial charge in [-0.3, -0.25) is 19.6 Å². The zero-order valence-corrected chi connectivity index (χ0v) is 18.6. The molecule has 2 aromatic rings. The molecule has 3 N–H and O–H groups in total. The van der Waals surface area contributed by atoms with Gasteiger partial charge in [-0.25, -0.2) is 4.21 Å². The number of pyridine rings is 1. The number of carbonyl (C=O) groups excluding carboxylic acids is 1. The van der Waals surface area contributed by atoms with Crippen LogP contribution in [-0.2, 0) is 33.8 Å². The van der Waals surface area contributed by atoms with Crippen LogP contribution in [0.1, 0.15) is 68.1 Å². The van der Waals surface area contributed by atoms with E-state index < -0.39 is 15.6 Å².